The molecule has 0 amide bonds. The van der Waals surface area contributed by atoms with Gasteiger partial charge in [0.1, 0.15) is 12.1 Å². The van der Waals surface area contributed by atoms with Crippen molar-refractivity contribution < 1.29 is 9.47 Å². The molecule has 2 atom stereocenters. The Morgan fingerprint density at radius 2 is 2.36 bits per heavy atom. The van der Waals surface area contributed by atoms with Gasteiger partial charge >= 0.3 is 0 Å². The van der Waals surface area contributed by atoms with E-state index in [2.05, 4.69) is 25.2 Å². The van der Waals surface area contributed by atoms with E-state index in [4.69, 9.17) is 9.47 Å². The summed E-state index contributed by atoms with van der Waals surface area (Å²) in [5, 5.41) is 3.53. The standard InChI is InChI=1S/C18H23N5O2/c1-24-17-8-16(20-13-21-17)23-7-3-5-18(12-23)9-15(11-25-18)22-14-4-2-6-19-10-14/h2,4,6,8,10,13,15,22H,3,5,7,9,11-12H2,1H3. The zero-order valence-electron chi connectivity index (χ0n) is 14.4. The van der Waals surface area contributed by atoms with Gasteiger partial charge in [0.15, 0.2) is 0 Å². The Kier molecular flexibility index (Phi) is 4.40. The van der Waals surface area contributed by atoms with Gasteiger partial charge in [0.25, 0.3) is 0 Å². The smallest absolute Gasteiger partial charge is 0.218 e. The van der Waals surface area contributed by atoms with Gasteiger partial charge in [0.05, 0.1) is 31.0 Å². The number of ether oxygens (including phenoxy) is 2. The fourth-order valence-corrected chi connectivity index (χ4v) is 3.81. The van der Waals surface area contributed by atoms with Crippen LogP contribution in [0.1, 0.15) is 19.3 Å². The van der Waals surface area contributed by atoms with Crippen LogP contribution in [0.25, 0.3) is 0 Å². The van der Waals surface area contributed by atoms with Gasteiger partial charge in [-0.15, -0.1) is 0 Å². The quantitative estimate of drug-likeness (QED) is 0.913. The minimum absolute atomic E-state index is 0.115. The van der Waals surface area contributed by atoms with E-state index in [1.165, 1.54) is 0 Å². The zero-order chi connectivity index (χ0) is 17.1. The summed E-state index contributed by atoms with van der Waals surface area (Å²) in [7, 11) is 1.62. The lowest BCUT2D eigenvalue weighted by Crippen LogP contribution is -2.48. The van der Waals surface area contributed by atoms with E-state index in [-0.39, 0.29) is 5.60 Å². The van der Waals surface area contributed by atoms with Crippen molar-refractivity contribution in [1.82, 2.24) is 15.0 Å². The van der Waals surface area contributed by atoms with Crippen molar-refractivity contribution in [2.24, 2.45) is 0 Å². The highest BCUT2D eigenvalue weighted by Crippen LogP contribution is 2.37. The summed E-state index contributed by atoms with van der Waals surface area (Å²) >= 11 is 0. The van der Waals surface area contributed by atoms with Crippen molar-refractivity contribution in [1.29, 1.82) is 0 Å². The Hall–Kier alpha value is -2.41. The molecule has 1 spiro atoms. The molecule has 0 aliphatic carbocycles. The number of pyridine rings is 1. The van der Waals surface area contributed by atoms with Crippen molar-refractivity contribution in [3.63, 3.8) is 0 Å². The second-order valence-electron chi connectivity index (χ2n) is 6.72. The monoisotopic (exact) mass is 341 g/mol. The molecule has 2 aliphatic heterocycles. The van der Waals surface area contributed by atoms with E-state index in [0.717, 1.165) is 50.5 Å². The van der Waals surface area contributed by atoms with Crippen LogP contribution in [0.2, 0.25) is 0 Å². The number of hydrogen-bond donors (Lipinski definition) is 1. The number of piperidine rings is 1. The molecule has 2 fully saturated rings. The van der Waals surface area contributed by atoms with Gasteiger partial charge in [-0.2, -0.15) is 0 Å². The summed E-state index contributed by atoms with van der Waals surface area (Å²) in [6.07, 6.45) is 8.35. The number of nitrogens with zero attached hydrogens (tertiary/aromatic N) is 4. The van der Waals surface area contributed by atoms with Crippen molar-refractivity contribution in [3.8, 4) is 5.88 Å². The van der Waals surface area contributed by atoms with Gasteiger partial charge in [-0.05, 0) is 25.0 Å². The minimum Gasteiger partial charge on any atom is -0.481 e. The largest absolute Gasteiger partial charge is 0.481 e. The Bertz CT molecular complexity index is 714. The van der Waals surface area contributed by atoms with Crippen LogP contribution in [0.5, 0.6) is 5.88 Å². The third-order valence-corrected chi connectivity index (χ3v) is 4.94. The maximum absolute atomic E-state index is 6.28. The summed E-state index contributed by atoms with van der Waals surface area (Å²) < 4.78 is 11.5. The summed E-state index contributed by atoms with van der Waals surface area (Å²) in [6, 6.07) is 6.18. The third kappa shape index (κ3) is 3.51. The molecule has 7 nitrogen and oxygen atoms in total. The average Bonchev–Trinajstić information content (AvgIpc) is 3.04. The van der Waals surface area contributed by atoms with Gasteiger partial charge in [0.2, 0.25) is 5.88 Å². The Morgan fingerprint density at radius 1 is 1.40 bits per heavy atom. The molecule has 4 heterocycles. The molecule has 2 saturated heterocycles. The molecule has 2 aromatic heterocycles. The lowest BCUT2D eigenvalue weighted by atomic mass is 9.88. The van der Waals surface area contributed by atoms with Gasteiger partial charge in [-0.1, -0.05) is 0 Å². The normalized spacial score (nSPS) is 26.0. The summed E-state index contributed by atoms with van der Waals surface area (Å²) in [6.45, 7) is 2.54. The molecule has 25 heavy (non-hydrogen) atoms. The molecule has 1 N–H and O–H groups in total. The maximum atomic E-state index is 6.28. The molecule has 0 aromatic carbocycles. The average molecular weight is 341 g/mol. The number of rotatable bonds is 4. The molecule has 7 heteroatoms. The van der Waals surface area contributed by atoms with Gasteiger partial charge in [-0.3, -0.25) is 4.98 Å². The lowest BCUT2D eigenvalue weighted by Gasteiger charge is -2.40. The summed E-state index contributed by atoms with van der Waals surface area (Å²) in [5.74, 6) is 1.49. The van der Waals surface area contributed by atoms with E-state index in [1.54, 1.807) is 19.6 Å². The van der Waals surface area contributed by atoms with Crippen molar-refractivity contribution in [2.75, 3.05) is 37.0 Å². The van der Waals surface area contributed by atoms with Crippen LogP contribution in [0.15, 0.2) is 36.9 Å². The van der Waals surface area contributed by atoms with Crippen LogP contribution in [-0.4, -0.2) is 53.4 Å². The number of aromatic nitrogens is 3. The van der Waals surface area contributed by atoms with Crippen molar-refractivity contribution in [2.45, 2.75) is 30.9 Å². The van der Waals surface area contributed by atoms with Crippen molar-refractivity contribution >= 4 is 11.5 Å². The number of anilines is 2. The van der Waals surface area contributed by atoms with Crippen LogP contribution in [0.3, 0.4) is 0 Å². The highest BCUT2D eigenvalue weighted by Gasteiger charge is 2.43. The summed E-state index contributed by atoms with van der Waals surface area (Å²) in [5.41, 5.74) is 0.928. The predicted octanol–water partition coefficient (Wildman–Crippen LogP) is 2.12. The van der Waals surface area contributed by atoms with Crippen LogP contribution in [0.4, 0.5) is 11.5 Å². The SMILES string of the molecule is COc1cc(N2CCCC3(CC(Nc4cccnc4)CO3)C2)ncn1. The Labute approximate surface area is 147 Å². The van der Waals surface area contributed by atoms with E-state index in [0.29, 0.717) is 11.9 Å². The number of methoxy groups -OCH3 is 1. The first kappa shape index (κ1) is 16.1. The first-order valence-corrected chi connectivity index (χ1v) is 8.68. The van der Waals surface area contributed by atoms with Gasteiger partial charge in [-0.25, -0.2) is 9.97 Å². The van der Waals surface area contributed by atoms with Gasteiger partial charge in [0, 0.05) is 38.0 Å². The fraction of sp³-hybridized carbons (Fsp3) is 0.500. The highest BCUT2D eigenvalue weighted by atomic mass is 16.5. The maximum Gasteiger partial charge on any atom is 0.218 e. The van der Waals surface area contributed by atoms with E-state index in [1.807, 2.05) is 24.4 Å². The molecule has 132 valence electrons. The zero-order valence-corrected chi connectivity index (χ0v) is 14.4. The molecule has 0 saturated carbocycles. The third-order valence-electron chi connectivity index (χ3n) is 4.94. The molecule has 4 rings (SSSR count). The number of hydrogen-bond acceptors (Lipinski definition) is 7. The molecular weight excluding hydrogens is 318 g/mol. The van der Waals surface area contributed by atoms with Crippen LogP contribution in [0, 0.1) is 0 Å². The topological polar surface area (TPSA) is 72.4 Å². The van der Waals surface area contributed by atoms with Gasteiger partial charge < -0.3 is 19.7 Å². The second kappa shape index (κ2) is 6.84. The fourth-order valence-electron chi connectivity index (χ4n) is 3.81. The van der Waals surface area contributed by atoms with E-state index < -0.39 is 0 Å². The second-order valence-corrected chi connectivity index (χ2v) is 6.72. The molecular formula is C18H23N5O2. The van der Waals surface area contributed by atoms with Crippen LogP contribution >= 0.6 is 0 Å². The first-order chi connectivity index (χ1) is 12.3. The molecule has 0 radical (unpaired) electrons. The number of nitrogens with one attached hydrogen (secondary N) is 1. The minimum atomic E-state index is -0.115. The molecule has 2 aromatic rings. The summed E-state index contributed by atoms with van der Waals surface area (Å²) in [4.78, 5) is 14.9. The molecule has 2 aliphatic rings. The lowest BCUT2D eigenvalue weighted by molar-refractivity contribution is -0.00652. The Balaban J connectivity index is 1.44. The van der Waals surface area contributed by atoms with Crippen LogP contribution < -0.4 is 15.0 Å². The van der Waals surface area contributed by atoms with Crippen LogP contribution in [-0.2, 0) is 4.74 Å². The Morgan fingerprint density at radius 3 is 3.20 bits per heavy atom. The predicted molar refractivity (Wildman–Crippen MR) is 95.0 cm³/mol. The van der Waals surface area contributed by atoms with E-state index in [9.17, 15) is 0 Å². The highest BCUT2D eigenvalue weighted by molar-refractivity contribution is 5.43. The van der Waals surface area contributed by atoms with E-state index >= 15 is 0 Å². The molecule has 0 bridgehead atoms. The molecule has 2 unspecified atom stereocenters. The first-order valence-electron chi connectivity index (χ1n) is 8.68. The van der Waals surface area contributed by atoms with Crippen molar-refractivity contribution in [3.05, 3.63) is 36.9 Å².